The molecule has 0 saturated heterocycles. The van der Waals surface area contributed by atoms with Crippen molar-refractivity contribution < 1.29 is 19.9 Å². The van der Waals surface area contributed by atoms with Gasteiger partial charge in [-0.1, -0.05) is 23.7 Å². The molecule has 3 aromatic rings. The highest BCUT2D eigenvalue weighted by Gasteiger charge is 2.30. The Balaban J connectivity index is 0.000000207. The molecule has 0 amide bonds. The third-order valence-corrected chi connectivity index (χ3v) is 3.90. The molecule has 28 heavy (non-hydrogen) atoms. The van der Waals surface area contributed by atoms with Crippen LogP contribution in [0, 0.1) is 37.3 Å². The van der Waals surface area contributed by atoms with E-state index >= 15 is 0 Å². The van der Waals surface area contributed by atoms with Crippen LogP contribution in [-0.2, 0) is 0 Å². The molecule has 0 aliphatic heterocycles. The summed E-state index contributed by atoms with van der Waals surface area (Å²) < 4.78 is 0. The number of aromatic nitrogens is 1. The summed E-state index contributed by atoms with van der Waals surface area (Å²) in [6, 6.07) is 8.71. The van der Waals surface area contributed by atoms with Gasteiger partial charge in [-0.2, -0.15) is 0 Å². The van der Waals surface area contributed by atoms with E-state index in [1.54, 1.807) is 6.20 Å². The SMILES string of the molecule is Cc1ccnc2c(Cl)cccc12.O=[N+]([O-])c1cc([N+](=O)[O-])c(O)c([N+](=O)[O-])c1. The van der Waals surface area contributed by atoms with Gasteiger partial charge in [-0.05, 0) is 24.6 Å². The summed E-state index contributed by atoms with van der Waals surface area (Å²) in [5.41, 5.74) is -0.903. The normalized spacial score (nSPS) is 10.1. The van der Waals surface area contributed by atoms with E-state index in [-0.39, 0.29) is 0 Å². The first-order valence-corrected chi connectivity index (χ1v) is 7.81. The second-order valence-corrected chi connectivity index (χ2v) is 5.78. The van der Waals surface area contributed by atoms with Crippen LogP contribution in [0.2, 0.25) is 5.02 Å². The van der Waals surface area contributed by atoms with Crippen molar-refractivity contribution in [2.24, 2.45) is 0 Å². The Morgan fingerprint density at radius 3 is 2.00 bits per heavy atom. The minimum atomic E-state index is -1.21. The Hall–Kier alpha value is -3.86. The first kappa shape index (κ1) is 20.5. The van der Waals surface area contributed by atoms with Crippen LogP contribution in [-0.4, -0.2) is 24.9 Å². The predicted octanol–water partition coefficient (Wildman–Crippen LogP) is 4.31. The number of phenolic OH excluding ortho intramolecular Hbond substituents is 1. The third-order valence-electron chi connectivity index (χ3n) is 3.60. The molecular weight excluding hydrogens is 396 g/mol. The lowest BCUT2D eigenvalue weighted by Gasteiger charge is -2.00. The fourth-order valence-corrected chi connectivity index (χ4v) is 2.47. The summed E-state index contributed by atoms with van der Waals surface area (Å²) in [6.07, 6.45) is 1.78. The molecule has 1 aromatic heterocycles. The van der Waals surface area contributed by atoms with E-state index in [1.165, 1.54) is 5.56 Å². The van der Waals surface area contributed by atoms with Gasteiger partial charge in [0.05, 0.1) is 37.4 Å². The number of hydrogen-bond donors (Lipinski definition) is 1. The molecule has 1 N–H and O–H groups in total. The third kappa shape index (κ3) is 4.27. The molecular formula is C16H11ClN4O7. The highest BCUT2D eigenvalue weighted by molar-refractivity contribution is 6.35. The quantitative estimate of drug-likeness (QED) is 0.496. The second-order valence-electron chi connectivity index (χ2n) is 5.37. The molecule has 0 spiro atoms. The Morgan fingerprint density at radius 2 is 1.54 bits per heavy atom. The van der Waals surface area contributed by atoms with E-state index in [4.69, 9.17) is 16.7 Å². The van der Waals surface area contributed by atoms with Crippen LogP contribution >= 0.6 is 11.6 Å². The molecule has 0 aliphatic rings. The Kier molecular flexibility index (Phi) is 6.01. The predicted molar refractivity (Wildman–Crippen MR) is 99.6 cm³/mol. The zero-order valence-electron chi connectivity index (χ0n) is 14.1. The van der Waals surface area contributed by atoms with Crippen molar-refractivity contribution in [3.05, 3.63) is 83.5 Å². The minimum absolute atomic E-state index is 0.447. The molecule has 0 atom stereocenters. The largest absolute Gasteiger partial charge is 0.497 e. The van der Waals surface area contributed by atoms with Gasteiger partial charge in [0, 0.05) is 11.6 Å². The van der Waals surface area contributed by atoms with Gasteiger partial charge in [-0.3, -0.25) is 35.3 Å². The van der Waals surface area contributed by atoms with Crippen molar-refractivity contribution in [1.82, 2.24) is 4.98 Å². The van der Waals surface area contributed by atoms with E-state index in [0.717, 1.165) is 15.9 Å². The number of fused-ring (bicyclic) bond motifs is 1. The van der Waals surface area contributed by atoms with Crippen molar-refractivity contribution in [2.45, 2.75) is 6.92 Å². The number of nitro benzene ring substituents is 3. The number of para-hydroxylation sites is 1. The van der Waals surface area contributed by atoms with Crippen molar-refractivity contribution in [1.29, 1.82) is 0 Å². The average Bonchev–Trinajstić information content (AvgIpc) is 2.63. The van der Waals surface area contributed by atoms with E-state index in [1.807, 2.05) is 24.3 Å². The highest BCUT2D eigenvalue weighted by Crippen LogP contribution is 2.38. The van der Waals surface area contributed by atoms with Crippen molar-refractivity contribution in [3.63, 3.8) is 0 Å². The van der Waals surface area contributed by atoms with Gasteiger partial charge in [-0.25, -0.2) is 0 Å². The maximum Gasteiger partial charge on any atom is 0.324 e. The molecule has 12 heteroatoms. The molecule has 0 saturated carbocycles. The standard InChI is InChI=1S/C10H8ClN.C6H3N3O7/c1-7-5-6-12-10-8(7)3-2-4-9(10)11;10-6-4(8(13)14)1-3(7(11)12)2-5(6)9(15)16/h2-6H,1H3;1-2,10H. The van der Waals surface area contributed by atoms with Gasteiger partial charge in [0.1, 0.15) is 0 Å². The maximum absolute atomic E-state index is 10.4. The molecule has 0 aliphatic carbocycles. The molecule has 144 valence electrons. The van der Waals surface area contributed by atoms with Crippen LogP contribution < -0.4 is 0 Å². The number of benzene rings is 2. The summed E-state index contributed by atoms with van der Waals surface area (Å²) in [6.45, 7) is 2.06. The first-order valence-electron chi connectivity index (χ1n) is 7.43. The molecule has 0 bridgehead atoms. The van der Waals surface area contributed by atoms with Gasteiger partial charge in [0.25, 0.3) is 11.4 Å². The van der Waals surface area contributed by atoms with Gasteiger partial charge in [0.15, 0.2) is 0 Å². The minimum Gasteiger partial charge on any atom is -0.497 e. The summed E-state index contributed by atoms with van der Waals surface area (Å²) in [5.74, 6) is -1.21. The van der Waals surface area contributed by atoms with Gasteiger partial charge in [-0.15, -0.1) is 0 Å². The molecule has 3 rings (SSSR count). The Labute approximate surface area is 161 Å². The summed E-state index contributed by atoms with van der Waals surface area (Å²) in [7, 11) is 0. The van der Waals surface area contributed by atoms with E-state index < -0.39 is 37.6 Å². The zero-order valence-corrected chi connectivity index (χ0v) is 14.9. The van der Waals surface area contributed by atoms with Crippen LogP contribution in [0.15, 0.2) is 42.6 Å². The average molecular weight is 407 g/mol. The van der Waals surface area contributed by atoms with Crippen LogP contribution in [0.1, 0.15) is 5.56 Å². The lowest BCUT2D eigenvalue weighted by molar-refractivity contribution is -0.404. The summed E-state index contributed by atoms with van der Waals surface area (Å²) in [5, 5.41) is 42.1. The number of non-ortho nitro benzene ring substituents is 1. The fraction of sp³-hybridized carbons (Fsp3) is 0.0625. The van der Waals surface area contributed by atoms with E-state index in [2.05, 4.69) is 11.9 Å². The zero-order chi connectivity index (χ0) is 21.0. The number of aromatic hydroxyl groups is 1. The topological polar surface area (TPSA) is 163 Å². The second kappa shape index (κ2) is 8.22. The first-order chi connectivity index (χ1) is 13.1. The van der Waals surface area contributed by atoms with Gasteiger partial charge >= 0.3 is 11.4 Å². The number of pyridine rings is 1. The van der Waals surface area contributed by atoms with Crippen LogP contribution in [0.25, 0.3) is 10.9 Å². The van der Waals surface area contributed by atoms with Crippen molar-refractivity contribution >= 4 is 39.6 Å². The van der Waals surface area contributed by atoms with E-state index in [9.17, 15) is 30.3 Å². The van der Waals surface area contributed by atoms with Gasteiger partial charge in [0.2, 0.25) is 0 Å². The monoisotopic (exact) mass is 406 g/mol. The molecule has 11 nitrogen and oxygen atoms in total. The number of phenols is 1. The summed E-state index contributed by atoms with van der Waals surface area (Å²) in [4.78, 5) is 32.0. The highest BCUT2D eigenvalue weighted by atomic mass is 35.5. The number of halogens is 1. The number of rotatable bonds is 3. The number of nitro groups is 3. The van der Waals surface area contributed by atoms with Crippen molar-refractivity contribution in [3.8, 4) is 5.75 Å². The molecule has 0 radical (unpaired) electrons. The Morgan fingerprint density at radius 1 is 0.964 bits per heavy atom. The molecule has 0 unspecified atom stereocenters. The Bertz CT molecular complexity index is 1030. The van der Waals surface area contributed by atoms with Crippen molar-refractivity contribution in [2.75, 3.05) is 0 Å². The number of aryl methyl sites for hydroxylation is 1. The summed E-state index contributed by atoms with van der Waals surface area (Å²) >= 11 is 5.97. The molecule has 1 heterocycles. The lowest BCUT2D eigenvalue weighted by Crippen LogP contribution is -1.97. The number of hydrogen-bond acceptors (Lipinski definition) is 8. The van der Waals surface area contributed by atoms with Crippen LogP contribution in [0.3, 0.4) is 0 Å². The maximum atomic E-state index is 10.4. The lowest BCUT2D eigenvalue weighted by atomic mass is 10.1. The number of nitrogens with zero attached hydrogens (tertiary/aromatic N) is 4. The van der Waals surface area contributed by atoms with E-state index in [0.29, 0.717) is 12.1 Å². The van der Waals surface area contributed by atoms with Crippen LogP contribution in [0.5, 0.6) is 5.75 Å². The molecule has 2 aromatic carbocycles. The van der Waals surface area contributed by atoms with Crippen LogP contribution in [0.4, 0.5) is 17.1 Å². The van der Waals surface area contributed by atoms with Gasteiger partial charge < -0.3 is 5.11 Å². The molecule has 0 fully saturated rings. The fourth-order valence-electron chi connectivity index (χ4n) is 2.25. The smallest absolute Gasteiger partial charge is 0.324 e.